The Morgan fingerprint density at radius 3 is 2.45 bits per heavy atom. The van der Waals surface area contributed by atoms with Crippen molar-refractivity contribution in [3.05, 3.63) is 58.1 Å². The van der Waals surface area contributed by atoms with Gasteiger partial charge in [0.15, 0.2) is 0 Å². The summed E-state index contributed by atoms with van der Waals surface area (Å²) < 4.78 is 6.47. The van der Waals surface area contributed by atoms with E-state index in [0.717, 1.165) is 33.6 Å². The van der Waals surface area contributed by atoms with Crippen LogP contribution < -0.4 is 15.4 Å². The standard InChI is InChI=1S/C16H19BrN2O/c1-19(15-6-3-12(10-18)4-7-15)11-13-9-14(17)5-8-16(13)20-2/h3-9H,10-11,18H2,1-2H3. The highest BCUT2D eigenvalue weighted by atomic mass is 79.9. The monoisotopic (exact) mass is 334 g/mol. The van der Waals surface area contributed by atoms with Crippen molar-refractivity contribution in [2.75, 3.05) is 19.1 Å². The van der Waals surface area contributed by atoms with Gasteiger partial charge in [-0.3, -0.25) is 0 Å². The first-order chi connectivity index (χ1) is 9.63. The minimum atomic E-state index is 0.573. The molecule has 0 aliphatic heterocycles. The summed E-state index contributed by atoms with van der Waals surface area (Å²) in [6.45, 7) is 1.36. The fourth-order valence-corrected chi connectivity index (χ4v) is 2.51. The molecule has 0 spiro atoms. The van der Waals surface area contributed by atoms with Crippen LogP contribution in [0.3, 0.4) is 0 Å². The SMILES string of the molecule is COc1ccc(Br)cc1CN(C)c1ccc(CN)cc1. The van der Waals surface area contributed by atoms with Crippen LogP contribution in [0, 0.1) is 0 Å². The van der Waals surface area contributed by atoms with E-state index >= 15 is 0 Å². The molecule has 0 heterocycles. The van der Waals surface area contributed by atoms with Gasteiger partial charge in [-0.25, -0.2) is 0 Å². The van der Waals surface area contributed by atoms with E-state index < -0.39 is 0 Å². The molecule has 0 radical (unpaired) electrons. The first-order valence-corrected chi connectivity index (χ1v) is 7.26. The average Bonchev–Trinajstić information content (AvgIpc) is 2.47. The molecular weight excluding hydrogens is 316 g/mol. The highest BCUT2D eigenvalue weighted by Crippen LogP contribution is 2.26. The molecule has 2 aromatic rings. The van der Waals surface area contributed by atoms with E-state index in [0.29, 0.717) is 6.54 Å². The van der Waals surface area contributed by atoms with Gasteiger partial charge < -0.3 is 15.4 Å². The molecule has 0 aliphatic rings. The van der Waals surface area contributed by atoms with Crippen LogP contribution in [0.25, 0.3) is 0 Å². The van der Waals surface area contributed by atoms with E-state index in [9.17, 15) is 0 Å². The number of rotatable bonds is 5. The van der Waals surface area contributed by atoms with Gasteiger partial charge in [-0.05, 0) is 35.9 Å². The quantitative estimate of drug-likeness (QED) is 0.908. The Hall–Kier alpha value is -1.52. The summed E-state index contributed by atoms with van der Waals surface area (Å²) in [5.74, 6) is 0.902. The molecule has 2 rings (SSSR count). The minimum absolute atomic E-state index is 0.573. The summed E-state index contributed by atoms with van der Waals surface area (Å²) >= 11 is 3.50. The van der Waals surface area contributed by atoms with E-state index in [4.69, 9.17) is 10.5 Å². The van der Waals surface area contributed by atoms with Crippen molar-refractivity contribution < 1.29 is 4.74 Å². The molecule has 0 aromatic heterocycles. The Morgan fingerprint density at radius 2 is 1.85 bits per heavy atom. The highest BCUT2D eigenvalue weighted by Gasteiger charge is 2.08. The topological polar surface area (TPSA) is 38.5 Å². The van der Waals surface area contributed by atoms with Crippen molar-refractivity contribution in [2.45, 2.75) is 13.1 Å². The Bertz CT molecular complexity index is 569. The molecular formula is C16H19BrN2O. The number of ether oxygens (including phenoxy) is 1. The van der Waals surface area contributed by atoms with Crippen LogP contribution in [0.5, 0.6) is 5.75 Å². The highest BCUT2D eigenvalue weighted by molar-refractivity contribution is 9.10. The van der Waals surface area contributed by atoms with Crippen LogP contribution in [-0.2, 0) is 13.1 Å². The number of hydrogen-bond acceptors (Lipinski definition) is 3. The maximum Gasteiger partial charge on any atom is 0.123 e. The van der Waals surface area contributed by atoms with Crippen molar-refractivity contribution in [2.24, 2.45) is 5.73 Å². The number of nitrogens with zero attached hydrogens (tertiary/aromatic N) is 1. The van der Waals surface area contributed by atoms with Crippen LogP contribution in [0.2, 0.25) is 0 Å². The van der Waals surface area contributed by atoms with Gasteiger partial charge in [-0.1, -0.05) is 28.1 Å². The maximum atomic E-state index is 5.62. The zero-order valence-electron chi connectivity index (χ0n) is 11.8. The molecule has 106 valence electrons. The molecule has 0 amide bonds. The van der Waals surface area contributed by atoms with Gasteiger partial charge in [0.25, 0.3) is 0 Å². The van der Waals surface area contributed by atoms with Gasteiger partial charge in [0.2, 0.25) is 0 Å². The van der Waals surface area contributed by atoms with Gasteiger partial charge in [-0.15, -0.1) is 0 Å². The van der Waals surface area contributed by atoms with Crippen molar-refractivity contribution in [3.63, 3.8) is 0 Å². The molecule has 0 fully saturated rings. The summed E-state index contributed by atoms with van der Waals surface area (Å²) in [5, 5.41) is 0. The van der Waals surface area contributed by atoms with Crippen molar-refractivity contribution in [1.82, 2.24) is 0 Å². The zero-order chi connectivity index (χ0) is 14.5. The fourth-order valence-electron chi connectivity index (χ4n) is 2.10. The van der Waals surface area contributed by atoms with Gasteiger partial charge in [0.1, 0.15) is 5.75 Å². The maximum absolute atomic E-state index is 5.62. The predicted molar refractivity (Wildman–Crippen MR) is 87.1 cm³/mol. The van der Waals surface area contributed by atoms with E-state index in [1.807, 2.05) is 12.1 Å². The Labute approximate surface area is 128 Å². The number of halogens is 1. The molecule has 0 saturated carbocycles. The molecule has 0 unspecified atom stereocenters. The number of nitrogens with two attached hydrogens (primary N) is 1. The third-order valence-electron chi connectivity index (χ3n) is 3.26. The number of methoxy groups -OCH3 is 1. The average molecular weight is 335 g/mol. The Kier molecular flexibility index (Phi) is 5.04. The van der Waals surface area contributed by atoms with E-state index in [2.05, 4.69) is 58.2 Å². The van der Waals surface area contributed by atoms with Gasteiger partial charge in [-0.2, -0.15) is 0 Å². The van der Waals surface area contributed by atoms with Crippen LogP contribution in [0.4, 0.5) is 5.69 Å². The lowest BCUT2D eigenvalue weighted by Gasteiger charge is -2.21. The van der Waals surface area contributed by atoms with Gasteiger partial charge >= 0.3 is 0 Å². The largest absolute Gasteiger partial charge is 0.496 e. The smallest absolute Gasteiger partial charge is 0.123 e. The van der Waals surface area contributed by atoms with Crippen molar-refractivity contribution in [1.29, 1.82) is 0 Å². The summed E-state index contributed by atoms with van der Waals surface area (Å²) in [7, 11) is 3.76. The molecule has 3 nitrogen and oxygen atoms in total. The van der Waals surface area contributed by atoms with Crippen molar-refractivity contribution in [3.8, 4) is 5.75 Å². The molecule has 2 N–H and O–H groups in total. The lowest BCUT2D eigenvalue weighted by atomic mass is 10.1. The summed E-state index contributed by atoms with van der Waals surface area (Å²) in [5.41, 5.74) is 9.06. The third-order valence-corrected chi connectivity index (χ3v) is 3.76. The molecule has 4 heteroatoms. The second kappa shape index (κ2) is 6.77. The van der Waals surface area contributed by atoms with Crippen LogP contribution in [0.15, 0.2) is 46.9 Å². The second-order valence-electron chi connectivity index (χ2n) is 4.68. The normalized spacial score (nSPS) is 10.4. The lowest BCUT2D eigenvalue weighted by molar-refractivity contribution is 0.409. The number of hydrogen-bond donors (Lipinski definition) is 1. The van der Waals surface area contributed by atoms with Crippen LogP contribution in [0.1, 0.15) is 11.1 Å². The van der Waals surface area contributed by atoms with Crippen molar-refractivity contribution >= 4 is 21.6 Å². The molecule has 20 heavy (non-hydrogen) atoms. The fraction of sp³-hybridized carbons (Fsp3) is 0.250. The first kappa shape index (κ1) is 14.9. The summed E-state index contributed by atoms with van der Waals surface area (Å²) in [6, 6.07) is 14.3. The number of anilines is 1. The van der Waals surface area contributed by atoms with E-state index in [1.165, 1.54) is 0 Å². The Morgan fingerprint density at radius 1 is 1.15 bits per heavy atom. The second-order valence-corrected chi connectivity index (χ2v) is 5.60. The molecule has 2 aromatic carbocycles. The van der Waals surface area contributed by atoms with E-state index in [1.54, 1.807) is 7.11 Å². The first-order valence-electron chi connectivity index (χ1n) is 6.46. The third kappa shape index (κ3) is 3.52. The van der Waals surface area contributed by atoms with Gasteiger partial charge in [0.05, 0.1) is 7.11 Å². The summed E-state index contributed by atoms with van der Waals surface area (Å²) in [4.78, 5) is 2.19. The number of benzene rings is 2. The van der Waals surface area contributed by atoms with E-state index in [-0.39, 0.29) is 0 Å². The molecule has 0 bridgehead atoms. The zero-order valence-corrected chi connectivity index (χ0v) is 13.4. The van der Waals surface area contributed by atoms with Gasteiger partial charge in [0, 0.05) is 35.9 Å². The van der Waals surface area contributed by atoms with Crippen LogP contribution >= 0.6 is 15.9 Å². The predicted octanol–water partition coefficient (Wildman–Crippen LogP) is 3.55. The van der Waals surface area contributed by atoms with Crippen LogP contribution in [-0.4, -0.2) is 14.2 Å². The molecule has 0 saturated heterocycles. The molecule has 0 aliphatic carbocycles. The molecule has 0 atom stereocenters. The summed E-state index contributed by atoms with van der Waals surface area (Å²) in [6.07, 6.45) is 0. The Balaban J connectivity index is 2.17. The lowest BCUT2D eigenvalue weighted by Crippen LogP contribution is -2.17. The minimum Gasteiger partial charge on any atom is -0.496 e.